The Kier molecular flexibility index (Phi) is 3.12. The summed E-state index contributed by atoms with van der Waals surface area (Å²) < 4.78 is 11.8. The molecule has 3 nitrogen and oxygen atoms in total. The van der Waals surface area contributed by atoms with Gasteiger partial charge in [0.2, 0.25) is 0 Å². The molecule has 0 aromatic rings. The Hall–Kier alpha value is -0.800. The minimum atomic E-state index is -0.538. The number of nitrogens with zero attached hydrogens (tertiary/aromatic N) is 1. The Morgan fingerprint density at radius 3 is 2.50 bits per heavy atom. The first-order valence-electron chi connectivity index (χ1n) is 3.08. The third-order valence-corrected chi connectivity index (χ3v) is 1.52. The molecule has 0 aliphatic carbocycles. The highest BCUT2D eigenvalue weighted by molar-refractivity contribution is 5.85. The molecule has 10 heavy (non-hydrogen) atoms. The molecule has 0 aliphatic rings. The number of alkyl halides is 1. The number of amidine groups is 1. The van der Waals surface area contributed by atoms with Crippen molar-refractivity contribution in [2.45, 2.75) is 20.3 Å². The van der Waals surface area contributed by atoms with E-state index in [4.69, 9.17) is 10.9 Å². The van der Waals surface area contributed by atoms with Crippen LogP contribution in [0.2, 0.25) is 0 Å². The molecule has 0 amide bonds. The summed E-state index contributed by atoms with van der Waals surface area (Å²) in [4.78, 5) is 0. The molecule has 0 saturated carbocycles. The molecule has 3 N–H and O–H groups in total. The Balaban J connectivity index is 4.10. The van der Waals surface area contributed by atoms with Crippen LogP contribution in [0.1, 0.15) is 20.3 Å². The molecule has 0 unspecified atom stereocenters. The number of hydrogen-bond acceptors (Lipinski definition) is 2. The molecule has 4 heteroatoms. The predicted molar refractivity (Wildman–Crippen MR) is 37.8 cm³/mol. The van der Waals surface area contributed by atoms with Crippen molar-refractivity contribution in [1.29, 1.82) is 0 Å². The zero-order valence-corrected chi connectivity index (χ0v) is 6.26. The highest BCUT2D eigenvalue weighted by Crippen LogP contribution is 2.19. The van der Waals surface area contributed by atoms with E-state index in [9.17, 15) is 4.39 Å². The van der Waals surface area contributed by atoms with Gasteiger partial charge in [0.15, 0.2) is 0 Å². The first-order chi connectivity index (χ1) is 4.54. The molecule has 0 radical (unpaired) electrons. The van der Waals surface area contributed by atoms with Gasteiger partial charge >= 0.3 is 0 Å². The van der Waals surface area contributed by atoms with Crippen molar-refractivity contribution in [3.05, 3.63) is 0 Å². The van der Waals surface area contributed by atoms with E-state index in [-0.39, 0.29) is 12.3 Å². The molecule has 0 saturated heterocycles. The predicted octanol–water partition coefficient (Wildman–Crippen LogP) is 1.12. The fourth-order valence-electron chi connectivity index (χ4n) is 0.500. The molecule has 0 aliphatic heterocycles. The Bertz CT molecular complexity index is 134. The summed E-state index contributed by atoms with van der Waals surface area (Å²) in [7, 11) is 0. The lowest BCUT2D eigenvalue weighted by Gasteiger charge is -2.20. The summed E-state index contributed by atoms with van der Waals surface area (Å²) in [5, 5.41) is 11.0. The highest BCUT2D eigenvalue weighted by atomic mass is 19.1. The van der Waals surface area contributed by atoms with Crippen molar-refractivity contribution in [1.82, 2.24) is 0 Å². The van der Waals surface area contributed by atoms with Gasteiger partial charge in [-0.25, -0.2) is 0 Å². The number of rotatable bonds is 3. The van der Waals surface area contributed by atoms with Gasteiger partial charge in [0.05, 0.1) is 6.67 Å². The van der Waals surface area contributed by atoms with Crippen molar-refractivity contribution in [2.24, 2.45) is 16.3 Å². The average Bonchev–Trinajstić information content (AvgIpc) is 1.86. The molecule has 0 rings (SSSR count). The quantitative estimate of drug-likeness (QED) is 0.272. The van der Waals surface area contributed by atoms with E-state index in [0.717, 1.165) is 0 Å². The SMILES string of the molecule is CC(C)(CCF)/C(N)=N/O. The van der Waals surface area contributed by atoms with E-state index in [1.54, 1.807) is 13.8 Å². The largest absolute Gasteiger partial charge is 0.409 e. The summed E-state index contributed by atoms with van der Waals surface area (Å²) >= 11 is 0. The van der Waals surface area contributed by atoms with Gasteiger partial charge in [-0.1, -0.05) is 19.0 Å². The number of hydrogen-bond donors (Lipinski definition) is 2. The summed E-state index contributed by atoms with van der Waals surface area (Å²) in [6.07, 6.45) is 0.281. The second kappa shape index (κ2) is 3.39. The Labute approximate surface area is 59.7 Å². The van der Waals surface area contributed by atoms with E-state index >= 15 is 0 Å². The average molecular weight is 148 g/mol. The van der Waals surface area contributed by atoms with Crippen molar-refractivity contribution < 1.29 is 9.60 Å². The van der Waals surface area contributed by atoms with Crippen LogP contribution >= 0.6 is 0 Å². The molecular formula is C6H13FN2O. The molecule has 0 bridgehead atoms. The van der Waals surface area contributed by atoms with Gasteiger partial charge in [-0.05, 0) is 6.42 Å². The van der Waals surface area contributed by atoms with Crippen molar-refractivity contribution in [2.75, 3.05) is 6.67 Å². The summed E-state index contributed by atoms with van der Waals surface area (Å²) in [5.74, 6) is 0.0742. The number of nitrogens with two attached hydrogens (primary N) is 1. The van der Waals surface area contributed by atoms with E-state index in [0.29, 0.717) is 0 Å². The number of halogens is 1. The fourth-order valence-corrected chi connectivity index (χ4v) is 0.500. The van der Waals surface area contributed by atoms with Gasteiger partial charge in [0, 0.05) is 5.41 Å². The van der Waals surface area contributed by atoms with Gasteiger partial charge in [-0.3, -0.25) is 4.39 Å². The first kappa shape index (κ1) is 9.20. The Morgan fingerprint density at radius 1 is 1.70 bits per heavy atom. The maximum absolute atomic E-state index is 11.8. The lowest BCUT2D eigenvalue weighted by molar-refractivity contribution is 0.299. The monoisotopic (exact) mass is 148 g/mol. The van der Waals surface area contributed by atoms with Crippen LogP contribution in [0.4, 0.5) is 4.39 Å². The summed E-state index contributed by atoms with van der Waals surface area (Å²) in [5.41, 5.74) is 4.73. The zero-order chi connectivity index (χ0) is 8.20. The minimum Gasteiger partial charge on any atom is -0.409 e. The molecule has 0 aromatic carbocycles. The van der Waals surface area contributed by atoms with Crippen molar-refractivity contribution in [3.8, 4) is 0 Å². The van der Waals surface area contributed by atoms with Crippen LogP contribution in [0.25, 0.3) is 0 Å². The van der Waals surface area contributed by atoms with Crippen LogP contribution in [-0.2, 0) is 0 Å². The van der Waals surface area contributed by atoms with E-state index in [1.807, 2.05) is 0 Å². The molecule has 0 spiro atoms. The van der Waals surface area contributed by atoms with Crippen LogP contribution in [0.3, 0.4) is 0 Å². The number of oxime groups is 1. The normalized spacial score (nSPS) is 13.7. The standard InChI is InChI=1S/C6H13FN2O/c1-6(2,3-4-7)5(8)9-10/h10H,3-4H2,1-2H3,(H2,8,9). The summed E-state index contributed by atoms with van der Waals surface area (Å²) in [6.45, 7) is 2.99. The smallest absolute Gasteiger partial charge is 0.144 e. The second-order valence-corrected chi connectivity index (χ2v) is 2.81. The Morgan fingerprint density at radius 2 is 2.20 bits per heavy atom. The maximum atomic E-state index is 11.8. The van der Waals surface area contributed by atoms with E-state index in [2.05, 4.69) is 5.16 Å². The van der Waals surface area contributed by atoms with Crippen molar-refractivity contribution >= 4 is 5.84 Å². The lowest BCUT2D eigenvalue weighted by atomic mass is 9.89. The highest BCUT2D eigenvalue weighted by Gasteiger charge is 2.22. The second-order valence-electron chi connectivity index (χ2n) is 2.81. The van der Waals surface area contributed by atoms with Crippen molar-refractivity contribution in [3.63, 3.8) is 0 Å². The zero-order valence-electron chi connectivity index (χ0n) is 6.26. The van der Waals surface area contributed by atoms with Gasteiger partial charge < -0.3 is 10.9 Å². The lowest BCUT2D eigenvalue weighted by Crippen LogP contribution is -2.32. The van der Waals surface area contributed by atoms with E-state index in [1.165, 1.54) is 0 Å². The molecule has 0 aromatic heterocycles. The fraction of sp³-hybridized carbons (Fsp3) is 0.833. The van der Waals surface area contributed by atoms with Crippen LogP contribution < -0.4 is 5.73 Å². The van der Waals surface area contributed by atoms with Crippen LogP contribution in [0.15, 0.2) is 5.16 Å². The third-order valence-electron chi connectivity index (χ3n) is 1.52. The molecule has 0 atom stereocenters. The third kappa shape index (κ3) is 2.21. The van der Waals surface area contributed by atoms with Gasteiger partial charge in [0.1, 0.15) is 5.84 Å². The van der Waals surface area contributed by atoms with Crippen LogP contribution in [-0.4, -0.2) is 17.7 Å². The topological polar surface area (TPSA) is 58.6 Å². The van der Waals surface area contributed by atoms with Gasteiger partial charge in [0.25, 0.3) is 0 Å². The molecule has 0 heterocycles. The van der Waals surface area contributed by atoms with Crippen LogP contribution in [0, 0.1) is 5.41 Å². The van der Waals surface area contributed by atoms with Crippen LogP contribution in [0.5, 0.6) is 0 Å². The first-order valence-corrected chi connectivity index (χ1v) is 3.08. The molecule has 0 fully saturated rings. The summed E-state index contributed by atoms with van der Waals surface area (Å²) in [6, 6.07) is 0. The van der Waals surface area contributed by atoms with Gasteiger partial charge in [-0.15, -0.1) is 0 Å². The van der Waals surface area contributed by atoms with Gasteiger partial charge in [-0.2, -0.15) is 0 Å². The molecule has 60 valence electrons. The molecular weight excluding hydrogens is 135 g/mol. The maximum Gasteiger partial charge on any atom is 0.144 e. The van der Waals surface area contributed by atoms with E-state index < -0.39 is 12.1 Å². The minimum absolute atomic E-state index is 0.0742.